The summed E-state index contributed by atoms with van der Waals surface area (Å²) in [5.41, 5.74) is 0.569. The number of nitrogens with one attached hydrogen (secondary N) is 3. The van der Waals surface area contributed by atoms with Crippen molar-refractivity contribution in [2.24, 2.45) is 10.9 Å². The molecular weight excluding hydrogens is 360 g/mol. The van der Waals surface area contributed by atoms with Gasteiger partial charge in [-0.15, -0.1) is 0 Å². The van der Waals surface area contributed by atoms with Gasteiger partial charge in [0.05, 0.1) is 11.5 Å². The third kappa shape index (κ3) is 6.40. The number of nitrogens with zero attached hydrogens (tertiary/aromatic N) is 3. The van der Waals surface area contributed by atoms with Crippen molar-refractivity contribution in [3.63, 3.8) is 0 Å². The van der Waals surface area contributed by atoms with E-state index in [4.69, 9.17) is 0 Å². The third-order valence-corrected chi connectivity index (χ3v) is 4.79. The van der Waals surface area contributed by atoms with Crippen molar-refractivity contribution in [3.05, 3.63) is 34.4 Å². The Kier molecular flexibility index (Phi) is 8.51. The van der Waals surface area contributed by atoms with Gasteiger partial charge in [0.1, 0.15) is 5.69 Å². The molecule has 28 heavy (non-hydrogen) atoms. The highest BCUT2D eigenvalue weighted by Gasteiger charge is 2.23. The molecule has 0 aliphatic carbocycles. The summed E-state index contributed by atoms with van der Waals surface area (Å²) in [7, 11) is 1.67. The molecule has 9 nitrogen and oxygen atoms in total. The van der Waals surface area contributed by atoms with E-state index in [0.29, 0.717) is 31.1 Å². The fraction of sp³-hybridized carbons (Fsp3) is 0.579. The maximum absolute atomic E-state index is 11.5. The van der Waals surface area contributed by atoms with E-state index in [1.807, 2.05) is 6.92 Å². The van der Waals surface area contributed by atoms with Crippen LogP contribution in [-0.2, 0) is 4.79 Å². The molecule has 1 saturated heterocycles. The number of nitro benzene ring substituents is 1. The van der Waals surface area contributed by atoms with E-state index in [9.17, 15) is 14.9 Å². The predicted octanol–water partition coefficient (Wildman–Crippen LogP) is 1.82. The summed E-state index contributed by atoms with van der Waals surface area (Å²) in [5.74, 6) is 1.37. The number of carbonyl (C=O) groups is 1. The average Bonchev–Trinajstić information content (AvgIpc) is 2.71. The van der Waals surface area contributed by atoms with Crippen molar-refractivity contribution < 1.29 is 9.72 Å². The second kappa shape index (κ2) is 11.1. The Balaban J connectivity index is 1.86. The number of benzene rings is 1. The maximum Gasteiger partial charge on any atom is 0.292 e. The highest BCUT2D eigenvalue weighted by atomic mass is 16.6. The van der Waals surface area contributed by atoms with Crippen LogP contribution in [0, 0.1) is 16.0 Å². The monoisotopic (exact) mass is 390 g/mol. The van der Waals surface area contributed by atoms with Gasteiger partial charge in [0, 0.05) is 45.7 Å². The van der Waals surface area contributed by atoms with E-state index in [1.54, 1.807) is 25.2 Å². The van der Waals surface area contributed by atoms with Gasteiger partial charge in [0.15, 0.2) is 5.96 Å². The van der Waals surface area contributed by atoms with Crippen LogP contribution in [-0.4, -0.2) is 61.5 Å². The number of guanidine groups is 1. The van der Waals surface area contributed by atoms with Crippen molar-refractivity contribution in [1.29, 1.82) is 0 Å². The molecule has 9 heteroatoms. The van der Waals surface area contributed by atoms with Crippen molar-refractivity contribution in [1.82, 2.24) is 15.5 Å². The molecule has 0 aromatic heterocycles. The number of hydrogen-bond donors (Lipinski definition) is 3. The zero-order chi connectivity index (χ0) is 20.4. The lowest BCUT2D eigenvalue weighted by atomic mass is 9.93. The van der Waals surface area contributed by atoms with Gasteiger partial charge in [0.2, 0.25) is 5.91 Å². The Bertz CT molecular complexity index is 686. The van der Waals surface area contributed by atoms with Crippen LogP contribution in [0.1, 0.15) is 26.2 Å². The first-order valence-electron chi connectivity index (χ1n) is 9.76. The molecular formula is C19H30N6O3. The minimum absolute atomic E-state index is 0.0663. The van der Waals surface area contributed by atoms with Crippen molar-refractivity contribution in [2.45, 2.75) is 26.2 Å². The number of aliphatic imine (C=N–C) groups is 1. The summed E-state index contributed by atoms with van der Waals surface area (Å²) in [6, 6.07) is 6.60. The van der Waals surface area contributed by atoms with E-state index < -0.39 is 4.92 Å². The smallest absolute Gasteiger partial charge is 0.292 e. The summed E-state index contributed by atoms with van der Waals surface area (Å²) in [6.07, 6.45) is 2.51. The molecule has 2 rings (SSSR count). The lowest BCUT2D eigenvalue weighted by Crippen LogP contribution is -2.46. The second-order valence-corrected chi connectivity index (χ2v) is 6.74. The molecule has 1 aliphatic heterocycles. The zero-order valence-corrected chi connectivity index (χ0v) is 16.6. The predicted molar refractivity (Wildman–Crippen MR) is 111 cm³/mol. The number of rotatable bonds is 8. The minimum atomic E-state index is -0.390. The Morgan fingerprint density at radius 3 is 2.68 bits per heavy atom. The van der Waals surface area contributed by atoms with Crippen LogP contribution in [0.25, 0.3) is 0 Å². The first-order chi connectivity index (χ1) is 13.5. The van der Waals surface area contributed by atoms with Gasteiger partial charge >= 0.3 is 0 Å². The number of piperidine rings is 1. The molecule has 1 aromatic carbocycles. The topological polar surface area (TPSA) is 112 Å². The van der Waals surface area contributed by atoms with Crippen molar-refractivity contribution >= 4 is 23.2 Å². The highest BCUT2D eigenvalue weighted by molar-refractivity contribution is 5.80. The van der Waals surface area contributed by atoms with Gasteiger partial charge in [-0.05, 0) is 31.7 Å². The van der Waals surface area contributed by atoms with Gasteiger partial charge in [-0.25, -0.2) is 0 Å². The number of nitro groups is 1. The molecule has 154 valence electrons. The SMILES string of the molecule is CCNC(=NCCNc1ccccc1[N+](=O)[O-])N1CCC(CC(=O)NC)CC1. The van der Waals surface area contributed by atoms with Gasteiger partial charge in [-0.2, -0.15) is 0 Å². The molecule has 0 spiro atoms. The summed E-state index contributed by atoms with van der Waals surface area (Å²) < 4.78 is 0. The molecule has 1 aromatic rings. The first kappa shape index (κ1) is 21.5. The van der Waals surface area contributed by atoms with E-state index in [0.717, 1.165) is 38.4 Å². The van der Waals surface area contributed by atoms with Crippen LogP contribution >= 0.6 is 0 Å². The quantitative estimate of drug-likeness (QED) is 0.205. The Morgan fingerprint density at radius 1 is 1.32 bits per heavy atom. The lowest BCUT2D eigenvalue weighted by Gasteiger charge is -2.34. The minimum Gasteiger partial charge on any atom is -0.378 e. The molecule has 0 saturated carbocycles. The molecule has 0 bridgehead atoms. The molecule has 1 amide bonds. The standard InChI is InChI=1S/C19H30N6O3/c1-3-21-19(24-12-8-15(9-13-24)14-18(26)20-2)23-11-10-22-16-6-4-5-7-17(16)25(27)28/h4-7,15,22H,3,8-14H2,1-2H3,(H,20,26)(H,21,23). The second-order valence-electron chi connectivity index (χ2n) is 6.74. The summed E-state index contributed by atoms with van der Waals surface area (Å²) >= 11 is 0. The molecule has 0 atom stereocenters. The Morgan fingerprint density at radius 2 is 2.04 bits per heavy atom. The molecule has 1 heterocycles. The van der Waals surface area contributed by atoms with E-state index >= 15 is 0 Å². The van der Waals surface area contributed by atoms with Crippen molar-refractivity contribution in [2.75, 3.05) is 45.1 Å². The molecule has 1 aliphatic rings. The van der Waals surface area contributed by atoms with Crippen LogP contribution in [0.3, 0.4) is 0 Å². The number of carbonyl (C=O) groups excluding carboxylic acids is 1. The van der Waals surface area contributed by atoms with E-state index in [-0.39, 0.29) is 11.6 Å². The zero-order valence-electron chi connectivity index (χ0n) is 16.6. The summed E-state index contributed by atoms with van der Waals surface area (Å²) in [4.78, 5) is 29.1. The number of anilines is 1. The highest BCUT2D eigenvalue weighted by Crippen LogP contribution is 2.23. The largest absolute Gasteiger partial charge is 0.378 e. The van der Waals surface area contributed by atoms with Crippen LogP contribution in [0.4, 0.5) is 11.4 Å². The van der Waals surface area contributed by atoms with Gasteiger partial charge in [-0.3, -0.25) is 19.9 Å². The summed E-state index contributed by atoms with van der Waals surface area (Å²) in [6.45, 7) is 5.55. The third-order valence-electron chi connectivity index (χ3n) is 4.79. The fourth-order valence-electron chi connectivity index (χ4n) is 3.27. The fourth-order valence-corrected chi connectivity index (χ4v) is 3.27. The molecule has 0 unspecified atom stereocenters. The van der Waals surface area contributed by atoms with Crippen LogP contribution in [0.5, 0.6) is 0 Å². The van der Waals surface area contributed by atoms with Gasteiger partial charge < -0.3 is 20.9 Å². The Labute approximate surface area is 165 Å². The lowest BCUT2D eigenvalue weighted by molar-refractivity contribution is -0.384. The van der Waals surface area contributed by atoms with E-state index in [1.165, 1.54) is 6.07 Å². The first-order valence-corrected chi connectivity index (χ1v) is 9.76. The normalized spacial score (nSPS) is 15.2. The maximum atomic E-state index is 11.5. The number of para-hydroxylation sites is 2. The van der Waals surface area contributed by atoms with Crippen molar-refractivity contribution in [3.8, 4) is 0 Å². The Hall–Kier alpha value is -2.84. The summed E-state index contributed by atoms with van der Waals surface area (Å²) in [5, 5.41) is 20.1. The van der Waals surface area contributed by atoms with Crippen LogP contribution in [0.15, 0.2) is 29.3 Å². The average molecular weight is 390 g/mol. The van der Waals surface area contributed by atoms with Crippen LogP contribution < -0.4 is 16.0 Å². The molecule has 1 fully saturated rings. The number of amides is 1. The molecule has 0 radical (unpaired) electrons. The van der Waals surface area contributed by atoms with Crippen LogP contribution in [0.2, 0.25) is 0 Å². The van der Waals surface area contributed by atoms with Gasteiger partial charge in [-0.1, -0.05) is 12.1 Å². The number of hydrogen-bond acceptors (Lipinski definition) is 5. The number of likely N-dealkylation sites (tertiary alicyclic amines) is 1. The van der Waals surface area contributed by atoms with E-state index in [2.05, 4.69) is 25.8 Å². The van der Waals surface area contributed by atoms with Gasteiger partial charge in [0.25, 0.3) is 5.69 Å². The molecule has 3 N–H and O–H groups in total.